The molecule has 0 amide bonds. The summed E-state index contributed by atoms with van der Waals surface area (Å²) in [6, 6.07) is 0.773. The Balaban J connectivity index is 2.15. The molecule has 1 aliphatic carbocycles. The minimum atomic E-state index is 0.773. The highest BCUT2D eigenvalue weighted by Crippen LogP contribution is 2.30. The van der Waals surface area contributed by atoms with Crippen LogP contribution in [0.4, 0.5) is 0 Å². The van der Waals surface area contributed by atoms with Crippen molar-refractivity contribution in [2.75, 3.05) is 27.2 Å². The van der Waals surface area contributed by atoms with Gasteiger partial charge in [-0.2, -0.15) is 0 Å². The third-order valence-corrected chi connectivity index (χ3v) is 3.43. The van der Waals surface area contributed by atoms with Crippen LogP contribution >= 0.6 is 0 Å². The fourth-order valence-corrected chi connectivity index (χ4v) is 2.13. The zero-order valence-electron chi connectivity index (χ0n) is 9.51. The predicted octanol–water partition coefficient (Wildman–Crippen LogP) is 1.57. The molecular formula is C11H24N2. The van der Waals surface area contributed by atoms with E-state index in [1.54, 1.807) is 0 Å². The Morgan fingerprint density at radius 2 is 1.92 bits per heavy atom. The fourth-order valence-electron chi connectivity index (χ4n) is 2.13. The molecule has 0 aliphatic heterocycles. The van der Waals surface area contributed by atoms with Gasteiger partial charge in [0.05, 0.1) is 0 Å². The van der Waals surface area contributed by atoms with E-state index in [-0.39, 0.29) is 0 Å². The number of nitrogens with zero attached hydrogens (tertiary/aromatic N) is 1. The topological polar surface area (TPSA) is 15.3 Å². The molecule has 78 valence electrons. The van der Waals surface area contributed by atoms with Crippen molar-refractivity contribution in [3.63, 3.8) is 0 Å². The Morgan fingerprint density at radius 1 is 1.23 bits per heavy atom. The van der Waals surface area contributed by atoms with Crippen molar-refractivity contribution in [3.8, 4) is 0 Å². The quantitative estimate of drug-likeness (QED) is 0.713. The molecule has 0 spiro atoms. The van der Waals surface area contributed by atoms with Crippen molar-refractivity contribution in [1.29, 1.82) is 0 Å². The highest BCUT2D eigenvalue weighted by Gasteiger charge is 2.28. The number of hydrogen-bond acceptors (Lipinski definition) is 2. The number of likely N-dealkylation sites (N-methyl/N-ethyl adjacent to an activating group) is 1. The van der Waals surface area contributed by atoms with Crippen LogP contribution < -0.4 is 5.32 Å². The molecule has 0 aromatic heterocycles. The summed E-state index contributed by atoms with van der Waals surface area (Å²) in [5.41, 5.74) is 0. The van der Waals surface area contributed by atoms with Gasteiger partial charge in [-0.3, -0.25) is 0 Å². The lowest BCUT2D eigenvalue weighted by molar-refractivity contribution is 0.340. The van der Waals surface area contributed by atoms with Crippen LogP contribution in [0.1, 0.15) is 26.7 Å². The Morgan fingerprint density at radius 3 is 2.38 bits per heavy atom. The summed E-state index contributed by atoms with van der Waals surface area (Å²) in [5.74, 6) is 1.78. The summed E-state index contributed by atoms with van der Waals surface area (Å²) < 4.78 is 0. The van der Waals surface area contributed by atoms with Gasteiger partial charge >= 0.3 is 0 Å². The highest BCUT2D eigenvalue weighted by molar-refractivity contribution is 4.84. The third kappa shape index (κ3) is 3.28. The zero-order chi connectivity index (χ0) is 9.84. The lowest BCUT2D eigenvalue weighted by Crippen LogP contribution is -2.36. The molecule has 2 nitrogen and oxygen atoms in total. The van der Waals surface area contributed by atoms with E-state index in [0.29, 0.717) is 0 Å². The van der Waals surface area contributed by atoms with E-state index in [1.165, 1.54) is 12.8 Å². The normalized spacial score (nSPS) is 34.4. The summed E-state index contributed by atoms with van der Waals surface area (Å²) in [6.45, 7) is 7.04. The average Bonchev–Trinajstić information content (AvgIpc) is 2.35. The van der Waals surface area contributed by atoms with Gasteiger partial charge < -0.3 is 10.2 Å². The van der Waals surface area contributed by atoms with Gasteiger partial charge in [-0.1, -0.05) is 13.8 Å². The SMILES string of the molecule is CC1CCC(NCCN(C)C)C1C. The molecule has 0 heterocycles. The molecular weight excluding hydrogens is 160 g/mol. The molecule has 0 aromatic carbocycles. The first-order valence-corrected chi connectivity index (χ1v) is 5.49. The van der Waals surface area contributed by atoms with Crippen LogP contribution in [0.5, 0.6) is 0 Å². The Hall–Kier alpha value is -0.0800. The van der Waals surface area contributed by atoms with Crippen LogP contribution in [0.15, 0.2) is 0 Å². The van der Waals surface area contributed by atoms with Crippen molar-refractivity contribution in [3.05, 3.63) is 0 Å². The number of nitrogens with one attached hydrogen (secondary N) is 1. The average molecular weight is 184 g/mol. The molecule has 0 bridgehead atoms. The van der Waals surface area contributed by atoms with Crippen LogP contribution in [0, 0.1) is 11.8 Å². The van der Waals surface area contributed by atoms with Gasteiger partial charge in [0.15, 0.2) is 0 Å². The van der Waals surface area contributed by atoms with Gasteiger partial charge in [-0.25, -0.2) is 0 Å². The molecule has 1 saturated carbocycles. The van der Waals surface area contributed by atoms with Crippen molar-refractivity contribution in [1.82, 2.24) is 10.2 Å². The predicted molar refractivity (Wildman–Crippen MR) is 57.9 cm³/mol. The molecule has 3 atom stereocenters. The van der Waals surface area contributed by atoms with Crippen LogP contribution in [-0.2, 0) is 0 Å². The van der Waals surface area contributed by atoms with Gasteiger partial charge in [-0.15, -0.1) is 0 Å². The van der Waals surface area contributed by atoms with Crippen molar-refractivity contribution < 1.29 is 0 Å². The van der Waals surface area contributed by atoms with Crippen LogP contribution in [0.25, 0.3) is 0 Å². The minimum Gasteiger partial charge on any atom is -0.312 e. The van der Waals surface area contributed by atoms with E-state index in [1.807, 2.05) is 0 Å². The number of hydrogen-bond donors (Lipinski definition) is 1. The van der Waals surface area contributed by atoms with Gasteiger partial charge in [0.1, 0.15) is 0 Å². The molecule has 1 fully saturated rings. The number of rotatable bonds is 4. The van der Waals surface area contributed by atoms with Crippen LogP contribution in [0.2, 0.25) is 0 Å². The summed E-state index contributed by atoms with van der Waals surface area (Å²) in [5, 5.41) is 3.65. The maximum absolute atomic E-state index is 3.65. The lowest BCUT2D eigenvalue weighted by Gasteiger charge is -2.20. The molecule has 13 heavy (non-hydrogen) atoms. The molecule has 0 aromatic rings. The van der Waals surface area contributed by atoms with E-state index in [0.717, 1.165) is 31.0 Å². The van der Waals surface area contributed by atoms with Gasteiger partial charge in [0, 0.05) is 19.1 Å². The summed E-state index contributed by atoms with van der Waals surface area (Å²) in [7, 11) is 4.25. The lowest BCUT2D eigenvalue weighted by atomic mass is 9.98. The summed E-state index contributed by atoms with van der Waals surface area (Å²) in [4.78, 5) is 2.23. The fraction of sp³-hybridized carbons (Fsp3) is 1.00. The monoisotopic (exact) mass is 184 g/mol. The van der Waals surface area contributed by atoms with Crippen molar-refractivity contribution >= 4 is 0 Å². The second kappa shape index (κ2) is 4.97. The molecule has 1 rings (SSSR count). The standard InChI is InChI=1S/C11H24N2/c1-9-5-6-11(10(9)2)12-7-8-13(3)4/h9-12H,5-8H2,1-4H3. The van der Waals surface area contributed by atoms with Gasteiger partial charge in [-0.05, 0) is 38.8 Å². The molecule has 3 unspecified atom stereocenters. The van der Waals surface area contributed by atoms with Crippen molar-refractivity contribution in [2.45, 2.75) is 32.7 Å². The first-order valence-electron chi connectivity index (χ1n) is 5.49. The Bertz CT molecular complexity index is 145. The molecule has 2 heteroatoms. The second-order valence-electron chi connectivity index (χ2n) is 4.78. The minimum absolute atomic E-state index is 0.773. The molecule has 0 saturated heterocycles. The molecule has 1 N–H and O–H groups in total. The largest absolute Gasteiger partial charge is 0.312 e. The first-order chi connectivity index (χ1) is 6.11. The van der Waals surface area contributed by atoms with Gasteiger partial charge in [0.2, 0.25) is 0 Å². The van der Waals surface area contributed by atoms with E-state index >= 15 is 0 Å². The molecule has 0 radical (unpaired) electrons. The maximum Gasteiger partial charge on any atom is 0.0101 e. The first kappa shape index (κ1) is 11.0. The smallest absolute Gasteiger partial charge is 0.0101 e. The molecule has 1 aliphatic rings. The Labute approximate surface area is 82.7 Å². The van der Waals surface area contributed by atoms with Gasteiger partial charge in [0.25, 0.3) is 0 Å². The highest BCUT2D eigenvalue weighted by atomic mass is 15.1. The van der Waals surface area contributed by atoms with Crippen molar-refractivity contribution in [2.24, 2.45) is 11.8 Å². The maximum atomic E-state index is 3.65. The van der Waals surface area contributed by atoms with E-state index in [9.17, 15) is 0 Å². The summed E-state index contributed by atoms with van der Waals surface area (Å²) in [6.07, 6.45) is 2.77. The summed E-state index contributed by atoms with van der Waals surface area (Å²) >= 11 is 0. The van der Waals surface area contributed by atoms with Crippen LogP contribution in [0.3, 0.4) is 0 Å². The van der Waals surface area contributed by atoms with E-state index in [4.69, 9.17) is 0 Å². The Kier molecular flexibility index (Phi) is 4.20. The van der Waals surface area contributed by atoms with E-state index < -0.39 is 0 Å². The third-order valence-electron chi connectivity index (χ3n) is 3.43. The van der Waals surface area contributed by atoms with Crippen LogP contribution in [-0.4, -0.2) is 38.1 Å². The van der Waals surface area contributed by atoms with E-state index in [2.05, 4.69) is 38.2 Å². The zero-order valence-corrected chi connectivity index (χ0v) is 9.51. The second-order valence-corrected chi connectivity index (χ2v) is 4.78.